The minimum atomic E-state index is 0.248. The number of carbonyl (C=O) groups is 1. The molecule has 0 aliphatic carbocycles. The van der Waals surface area contributed by atoms with Crippen molar-refractivity contribution in [2.45, 2.75) is 58.6 Å². The Hall–Kier alpha value is -2.56. The summed E-state index contributed by atoms with van der Waals surface area (Å²) in [6.45, 7) is 6.71. The Kier molecular flexibility index (Phi) is 11.1. The second-order valence-electron chi connectivity index (χ2n) is 8.73. The number of nitrogens with zero attached hydrogens (tertiary/aromatic N) is 4. The Bertz CT molecular complexity index is 1140. The zero-order valence-electron chi connectivity index (χ0n) is 21.5. The Morgan fingerprint density at radius 1 is 1.11 bits per heavy atom. The van der Waals surface area contributed by atoms with Gasteiger partial charge in [-0.25, -0.2) is 9.97 Å². The zero-order chi connectivity index (χ0) is 25.9. The quantitative estimate of drug-likeness (QED) is 0.233. The van der Waals surface area contributed by atoms with Crippen molar-refractivity contribution in [3.8, 4) is 5.75 Å². The third-order valence-electron chi connectivity index (χ3n) is 6.29. The van der Waals surface area contributed by atoms with Crippen LogP contribution in [0, 0.1) is 0 Å². The number of benzene rings is 1. The van der Waals surface area contributed by atoms with Crippen LogP contribution in [-0.2, 0) is 22.7 Å². The number of carbonyl (C=O) groups excluding carboxylic acids is 1. The van der Waals surface area contributed by atoms with Crippen LogP contribution in [0.25, 0.3) is 21.9 Å². The molecule has 4 N–H and O–H groups in total. The molecule has 1 amide bonds. The normalized spacial score (nSPS) is 13.4. The van der Waals surface area contributed by atoms with Crippen LogP contribution in [0.5, 0.6) is 5.75 Å². The molecule has 0 saturated carbocycles. The number of hydrogen-bond acceptors (Lipinski definition) is 8. The van der Waals surface area contributed by atoms with Gasteiger partial charge in [-0.15, -0.1) is 0 Å². The second kappa shape index (κ2) is 14.2. The number of thiol groups is 1. The minimum absolute atomic E-state index is 0.248. The summed E-state index contributed by atoms with van der Waals surface area (Å²) in [6.07, 6.45) is 7.19. The number of amides is 1. The number of unbranched alkanes of at least 4 members (excludes halogenated alkanes) is 2. The Labute approximate surface area is 218 Å². The number of aryl methyl sites for hydroxylation is 1. The van der Waals surface area contributed by atoms with Crippen molar-refractivity contribution in [3.05, 3.63) is 24.0 Å². The number of hydrogen-bond donors (Lipinski definition) is 3. The van der Waals surface area contributed by atoms with E-state index < -0.39 is 0 Å². The Balaban J connectivity index is 0.00000176. The molecule has 3 aromatic rings. The predicted molar refractivity (Wildman–Crippen MR) is 149 cm³/mol. The van der Waals surface area contributed by atoms with Crippen LogP contribution in [0.15, 0.2) is 18.2 Å². The first kappa shape index (κ1) is 28.0. The van der Waals surface area contributed by atoms with E-state index in [1.807, 2.05) is 30.0 Å². The highest BCUT2D eigenvalue weighted by Gasteiger charge is 2.20. The van der Waals surface area contributed by atoms with Crippen molar-refractivity contribution in [1.29, 1.82) is 0 Å². The number of pyridine rings is 1. The van der Waals surface area contributed by atoms with Gasteiger partial charge in [-0.3, -0.25) is 4.79 Å². The van der Waals surface area contributed by atoms with Crippen molar-refractivity contribution < 1.29 is 14.3 Å². The molecule has 1 aromatic carbocycles. The van der Waals surface area contributed by atoms with E-state index in [1.54, 1.807) is 6.26 Å². The smallest absolute Gasteiger partial charge is 0.222 e. The summed E-state index contributed by atoms with van der Waals surface area (Å²) in [5.41, 5.74) is 14.5. The highest BCUT2D eigenvalue weighted by atomic mass is 32.1. The molecule has 9 nitrogen and oxygen atoms in total. The minimum Gasteiger partial charge on any atom is -0.493 e. The van der Waals surface area contributed by atoms with Crippen molar-refractivity contribution in [2.24, 2.45) is 5.73 Å². The van der Waals surface area contributed by atoms with Crippen LogP contribution >= 0.6 is 12.6 Å². The maximum absolute atomic E-state index is 11.8. The molecule has 36 heavy (non-hydrogen) atoms. The summed E-state index contributed by atoms with van der Waals surface area (Å²) in [5, 5.41) is 0.994. The van der Waals surface area contributed by atoms with Gasteiger partial charge in [0, 0.05) is 44.1 Å². The van der Waals surface area contributed by atoms with Crippen molar-refractivity contribution in [2.75, 3.05) is 44.8 Å². The van der Waals surface area contributed by atoms with Gasteiger partial charge in [-0.05, 0) is 57.5 Å². The predicted octanol–water partition coefficient (Wildman–Crippen LogP) is 3.77. The number of aromatic nitrogens is 3. The topological polar surface area (TPSA) is 122 Å². The third-order valence-corrected chi connectivity index (χ3v) is 6.29. The standard InChI is InChI=1S/C25H36N6O3.CH4S/c1-2-33-17-21-29-23-24(31(21)14-5-3-4-11-26)19-10-9-18(16-20(19)28-25(23)27)34-15-7-13-30-12-6-8-22(30)32;1-2/h9-10,16H,2-8,11-15,17,26H2,1H3,(H2,27,28);2H,1H3. The maximum atomic E-state index is 11.8. The summed E-state index contributed by atoms with van der Waals surface area (Å²) in [4.78, 5) is 23.1. The molecule has 0 radical (unpaired) electrons. The molecule has 1 fully saturated rings. The van der Waals surface area contributed by atoms with Crippen molar-refractivity contribution >= 4 is 46.3 Å². The fourth-order valence-corrected chi connectivity index (χ4v) is 4.55. The average Bonchev–Trinajstić information content (AvgIpc) is 3.48. The number of anilines is 1. The fraction of sp³-hybridized carbons (Fsp3) is 0.577. The first-order chi connectivity index (χ1) is 17.6. The molecule has 0 atom stereocenters. The number of ether oxygens (including phenoxy) is 2. The number of imidazole rings is 1. The molecule has 0 unspecified atom stereocenters. The van der Waals surface area contributed by atoms with Crippen LogP contribution in [0.3, 0.4) is 0 Å². The number of fused-ring (bicyclic) bond motifs is 3. The molecule has 3 heterocycles. The monoisotopic (exact) mass is 516 g/mol. The van der Waals surface area contributed by atoms with Gasteiger partial charge in [0.25, 0.3) is 0 Å². The van der Waals surface area contributed by atoms with Crippen LogP contribution in [0.2, 0.25) is 0 Å². The van der Waals surface area contributed by atoms with Gasteiger partial charge in [-0.1, -0.05) is 6.42 Å². The van der Waals surface area contributed by atoms with Gasteiger partial charge >= 0.3 is 0 Å². The molecule has 10 heteroatoms. The van der Waals surface area contributed by atoms with E-state index in [2.05, 4.69) is 22.2 Å². The molecule has 1 aliphatic heterocycles. The summed E-state index contributed by atoms with van der Waals surface area (Å²) >= 11 is 3.53. The van der Waals surface area contributed by atoms with Gasteiger partial charge in [0.2, 0.25) is 5.91 Å². The molecule has 0 spiro atoms. The number of nitrogens with two attached hydrogens (primary N) is 2. The zero-order valence-corrected chi connectivity index (χ0v) is 22.4. The molecule has 0 bridgehead atoms. The number of likely N-dealkylation sites (tertiary alicyclic amines) is 1. The van der Waals surface area contributed by atoms with Crippen LogP contribution < -0.4 is 16.2 Å². The van der Waals surface area contributed by atoms with Gasteiger partial charge < -0.3 is 30.4 Å². The van der Waals surface area contributed by atoms with E-state index in [1.165, 1.54) is 0 Å². The first-order valence-corrected chi connectivity index (χ1v) is 13.7. The lowest BCUT2D eigenvalue weighted by atomic mass is 10.1. The summed E-state index contributed by atoms with van der Waals surface area (Å²) in [5.74, 6) is 2.26. The Morgan fingerprint density at radius 2 is 1.94 bits per heavy atom. The lowest BCUT2D eigenvalue weighted by molar-refractivity contribution is -0.127. The third kappa shape index (κ3) is 6.80. The van der Waals surface area contributed by atoms with Crippen molar-refractivity contribution in [1.82, 2.24) is 19.4 Å². The summed E-state index contributed by atoms with van der Waals surface area (Å²) < 4.78 is 13.9. The van der Waals surface area contributed by atoms with Crippen molar-refractivity contribution in [3.63, 3.8) is 0 Å². The highest BCUT2D eigenvalue weighted by Crippen LogP contribution is 2.31. The van der Waals surface area contributed by atoms with Crippen LogP contribution in [0.1, 0.15) is 51.3 Å². The molecule has 1 aliphatic rings. The molecular formula is C26H40N6O3S. The molecule has 1 saturated heterocycles. The van der Waals surface area contributed by atoms with E-state index in [9.17, 15) is 4.79 Å². The largest absolute Gasteiger partial charge is 0.493 e. The van der Waals surface area contributed by atoms with E-state index in [4.69, 9.17) is 25.9 Å². The van der Waals surface area contributed by atoms with Gasteiger partial charge in [0.1, 0.15) is 23.7 Å². The number of nitrogen functional groups attached to an aromatic ring is 1. The van der Waals surface area contributed by atoms with Gasteiger partial charge in [0.15, 0.2) is 5.82 Å². The fourth-order valence-electron chi connectivity index (χ4n) is 4.55. The molecule has 2 aromatic heterocycles. The van der Waals surface area contributed by atoms with E-state index >= 15 is 0 Å². The summed E-state index contributed by atoms with van der Waals surface area (Å²) in [6, 6.07) is 5.93. The summed E-state index contributed by atoms with van der Waals surface area (Å²) in [7, 11) is 0. The second-order valence-corrected chi connectivity index (χ2v) is 8.73. The Morgan fingerprint density at radius 3 is 2.67 bits per heavy atom. The lowest BCUT2D eigenvalue weighted by Crippen LogP contribution is -2.26. The van der Waals surface area contributed by atoms with E-state index in [0.717, 1.165) is 79.7 Å². The first-order valence-electron chi connectivity index (χ1n) is 12.8. The van der Waals surface area contributed by atoms with Crippen LogP contribution in [0.4, 0.5) is 5.82 Å². The SMILES string of the molecule is CCOCc1nc2c(N)nc3cc(OCCCN4CCCC4=O)ccc3c2n1CCCCCN.CS. The average molecular weight is 517 g/mol. The van der Waals surface area contributed by atoms with Gasteiger partial charge in [0.05, 0.1) is 17.6 Å². The van der Waals surface area contributed by atoms with Gasteiger partial charge in [-0.2, -0.15) is 12.6 Å². The maximum Gasteiger partial charge on any atom is 0.222 e. The van der Waals surface area contributed by atoms with E-state index in [-0.39, 0.29) is 5.91 Å². The molecule has 4 rings (SSSR count). The number of rotatable bonds is 13. The van der Waals surface area contributed by atoms with E-state index in [0.29, 0.717) is 44.1 Å². The lowest BCUT2D eigenvalue weighted by Gasteiger charge is -2.15. The molecular weight excluding hydrogens is 476 g/mol. The molecule has 198 valence electrons. The van der Waals surface area contributed by atoms with Crippen LogP contribution in [-0.4, -0.2) is 64.4 Å². The highest BCUT2D eigenvalue weighted by molar-refractivity contribution is 7.79.